The van der Waals surface area contributed by atoms with E-state index in [0.717, 1.165) is 30.5 Å². The predicted molar refractivity (Wildman–Crippen MR) is 109 cm³/mol. The average Bonchev–Trinajstić information content (AvgIpc) is 3.20. The highest BCUT2D eigenvalue weighted by molar-refractivity contribution is 7.13. The van der Waals surface area contributed by atoms with Crippen LogP contribution >= 0.6 is 34.5 Å². The van der Waals surface area contributed by atoms with Gasteiger partial charge in [0.05, 0.1) is 21.8 Å². The molecule has 27 heavy (non-hydrogen) atoms. The lowest BCUT2D eigenvalue weighted by atomic mass is 9.98. The summed E-state index contributed by atoms with van der Waals surface area (Å²) in [4.78, 5) is 24.1. The van der Waals surface area contributed by atoms with Crippen LogP contribution in [0, 0.1) is 0 Å². The van der Waals surface area contributed by atoms with Crippen molar-refractivity contribution in [2.24, 2.45) is 0 Å². The maximum atomic E-state index is 13.2. The fourth-order valence-corrected chi connectivity index (χ4v) is 4.64. The molecule has 3 heterocycles. The highest BCUT2D eigenvalue weighted by Crippen LogP contribution is 2.36. The van der Waals surface area contributed by atoms with E-state index in [1.165, 1.54) is 11.3 Å². The number of likely N-dealkylation sites (tertiary alicyclic amines) is 1. The summed E-state index contributed by atoms with van der Waals surface area (Å²) in [6, 6.07) is 11.2. The van der Waals surface area contributed by atoms with Crippen LogP contribution in [0.5, 0.6) is 0 Å². The van der Waals surface area contributed by atoms with E-state index in [1.807, 2.05) is 35.2 Å². The van der Waals surface area contributed by atoms with Gasteiger partial charge >= 0.3 is 0 Å². The van der Waals surface area contributed by atoms with E-state index in [4.69, 9.17) is 23.2 Å². The molecule has 7 heteroatoms. The van der Waals surface area contributed by atoms with Gasteiger partial charge in [-0.05, 0) is 37.5 Å². The Hall–Kier alpha value is -1.95. The molecule has 0 saturated carbocycles. The van der Waals surface area contributed by atoms with Gasteiger partial charge in [0.15, 0.2) is 0 Å². The summed E-state index contributed by atoms with van der Waals surface area (Å²) in [5.74, 6) is -0.0639. The fraction of sp³-hybridized carbons (Fsp3) is 0.250. The monoisotopic (exact) mass is 417 g/mol. The standard InChI is InChI=1S/C20H17Cl2N3OS/c21-14-7-5-6-13(18(14)22)19-24-16(12-27-19)20(26)25-11-4-2-9-17(25)15-8-1-3-10-23-15/h1,3,5-8,10,12,17H,2,4,9,11H2/t17-/m0/s1. The molecule has 1 aromatic carbocycles. The molecule has 3 aromatic rings. The van der Waals surface area contributed by atoms with Gasteiger partial charge in [-0.3, -0.25) is 9.78 Å². The minimum atomic E-state index is -0.0639. The summed E-state index contributed by atoms with van der Waals surface area (Å²) >= 11 is 13.8. The van der Waals surface area contributed by atoms with Crippen LogP contribution < -0.4 is 0 Å². The Balaban J connectivity index is 1.62. The smallest absolute Gasteiger partial charge is 0.273 e. The van der Waals surface area contributed by atoms with Gasteiger partial charge in [-0.25, -0.2) is 4.98 Å². The van der Waals surface area contributed by atoms with Crippen molar-refractivity contribution in [2.75, 3.05) is 6.54 Å². The Morgan fingerprint density at radius 3 is 2.85 bits per heavy atom. The number of hydrogen-bond donors (Lipinski definition) is 0. The van der Waals surface area contributed by atoms with Gasteiger partial charge in [-0.15, -0.1) is 11.3 Å². The number of carbonyl (C=O) groups is 1. The number of hydrogen-bond acceptors (Lipinski definition) is 4. The maximum absolute atomic E-state index is 13.2. The van der Waals surface area contributed by atoms with Gasteiger partial charge in [0.2, 0.25) is 0 Å². The second-order valence-electron chi connectivity index (χ2n) is 6.40. The summed E-state index contributed by atoms with van der Waals surface area (Å²) in [6.07, 6.45) is 4.77. The molecule has 0 aliphatic carbocycles. The van der Waals surface area contributed by atoms with Crippen molar-refractivity contribution in [3.63, 3.8) is 0 Å². The second kappa shape index (κ2) is 7.97. The van der Waals surface area contributed by atoms with E-state index in [0.29, 0.717) is 27.3 Å². The maximum Gasteiger partial charge on any atom is 0.273 e. The molecule has 1 aliphatic heterocycles. The lowest BCUT2D eigenvalue weighted by molar-refractivity contribution is 0.0601. The minimum absolute atomic E-state index is 0.00708. The predicted octanol–water partition coefficient (Wildman–Crippen LogP) is 5.88. The molecule has 0 N–H and O–H groups in total. The molecule has 1 atom stereocenters. The van der Waals surface area contributed by atoms with E-state index in [9.17, 15) is 4.79 Å². The molecule has 1 amide bonds. The first-order valence-corrected chi connectivity index (χ1v) is 10.4. The third-order valence-corrected chi connectivity index (χ3v) is 6.39. The van der Waals surface area contributed by atoms with E-state index in [1.54, 1.807) is 17.6 Å². The number of rotatable bonds is 3. The van der Waals surface area contributed by atoms with Crippen LogP contribution in [0.1, 0.15) is 41.5 Å². The van der Waals surface area contributed by atoms with Gasteiger partial charge < -0.3 is 4.90 Å². The Labute approximate surface area is 171 Å². The number of thiazole rings is 1. The van der Waals surface area contributed by atoms with Crippen molar-refractivity contribution in [3.05, 3.63) is 69.4 Å². The molecule has 1 saturated heterocycles. The van der Waals surface area contributed by atoms with Crippen molar-refractivity contribution in [2.45, 2.75) is 25.3 Å². The van der Waals surface area contributed by atoms with Crippen LogP contribution in [0.4, 0.5) is 0 Å². The second-order valence-corrected chi connectivity index (χ2v) is 8.05. The first kappa shape index (κ1) is 18.4. The lowest BCUT2D eigenvalue weighted by Gasteiger charge is -2.35. The van der Waals surface area contributed by atoms with Gasteiger partial charge in [0.1, 0.15) is 10.7 Å². The summed E-state index contributed by atoms with van der Waals surface area (Å²) < 4.78 is 0. The zero-order chi connectivity index (χ0) is 18.8. The van der Waals surface area contributed by atoms with E-state index >= 15 is 0 Å². The Kier molecular flexibility index (Phi) is 5.43. The Morgan fingerprint density at radius 2 is 2.04 bits per heavy atom. The highest BCUT2D eigenvalue weighted by atomic mass is 35.5. The SMILES string of the molecule is O=C(c1csc(-c2cccc(Cl)c2Cl)n1)N1CCCC[C@H]1c1ccccn1. The van der Waals surface area contributed by atoms with Crippen molar-refractivity contribution >= 4 is 40.4 Å². The van der Waals surface area contributed by atoms with Crippen LogP contribution in [-0.4, -0.2) is 27.3 Å². The number of pyridine rings is 1. The van der Waals surface area contributed by atoms with Gasteiger partial charge in [-0.1, -0.05) is 41.4 Å². The van der Waals surface area contributed by atoms with E-state index in [-0.39, 0.29) is 11.9 Å². The van der Waals surface area contributed by atoms with Crippen molar-refractivity contribution in [3.8, 4) is 10.6 Å². The number of amides is 1. The van der Waals surface area contributed by atoms with Crippen LogP contribution in [0.25, 0.3) is 10.6 Å². The minimum Gasteiger partial charge on any atom is -0.329 e. The zero-order valence-electron chi connectivity index (χ0n) is 14.4. The topological polar surface area (TPSA) is 46.1 Å². The molecule has 1 fully saturated rings. The number of aromatic nitrogens is 2. The highest BCUT2D eigenvalue weighted by Gasteiger charge is 2.30. The molecule has 1 aliphatic rings. The Bertz CT molecular complexity index is 961. The van der Waals surface area contributed by atoms with Gasteiger partial charge in [-0.2, -0.15) is 0 Å². The average molecular weight is 418 g/mol. The quantitative estimate of drug-likeness (QED) is 0.534. The number of benzene rings is 1. The zero-order valence-corrected chi connectivity index (χ0v) is 16.8. The van der Waals surface area contributed by atoms with Gasteiger partial charge in [0, 0.05) is 23.7 Å². The molecule has 0 bridgehead atoms. The van der Waals surface area contributed by atoms with Crippen LogP contribution in [0.3, 0.4) is 0 Å². The molecular formula is C20H17Cl2N3OS. The first-order chi connectivity index (χ1) is 13.1. The third-order valence-electron chi connectivity index (χ3n) is 4.70. The van der Waals surface area contributed by atoms with Crippen molar-refractivity contribution in [1.29, 1.82) is 0 Å². The first-order valence-electron chi connectivity index (χ1n) is 8.77. The number of halogens is 2. The normalized spacial score (nSPS) is 17.1. The summed E-state index contributed by atoms with van der Waals surface area (Å²) in [5, 5.41) is 3.41. The lowest BCUT2D eigenvalue weighted by Crippen LogP contribution is -2.39. The van der Waals surface area contributed by atoms with Crippen LogP contribution in [-0.2, 0) is 0 Å². The molecule has 138 valence electrons. The third kappa shape index (κ3) is 3.72. The van der Waals surface area contributed by atoms with Crippen molar-refractivity contribution in [1.82, 2.24) is 14.9 Å². The summed E-state index contributed by atoms with van der Waals surface area (Å²) in [5.41, 5.74) is 2.11. The molecule has 4 nitrogen and oxygen atoms in total. The van der Waals surface area contributed by atoms with E-state index < -0.39 is 0 Å². The number of nitrogens with zero attached hydrogens (tertiary/aromatic N) is 3. The van der Waals surface area contributed by atoms with Crippen LogP contribution in [0.2, 0.25) is 10.0 Å². The van der Waals surface area contributed by atoms with E-state index in [2.05, 4.69) is 9.97 Å². The summed E-state index contributed by atoms with van der Waals surface area (Å²) in [7, 11) is 0. The summed E-state index contributed by atoms with van der Waals surface area (Å²) in [6.45, 7) is 0.713. The Morgan fingerprint density at radius 1 is 1.15 bits per heavy atom. The molecule has 0 radical (unpaired) electrons. The molecule has 4 rings (SSSR count). The fourth-order valence-electron chi connectivity index (χ4n) is 3.37. The van der Waals surface area contributed by atoms with Gasteiger partial charge in [0.25, 0.3) is 5.91 Å². The molecule has 0 unspecified atom stereocenters. The van der Waals surface area contributed by atoms with Crippen molar-refractivity contribution < 1.29 is 4.79 Å². The largest absolute Gasteiger partial charge is 0.329 e. The number of carbonyl (C=O) groups excluding carboxylic acids is 1. The molecular weight excluding hydrogens is 401 g/mol. The van der Waals surface area contributed by atoms with Crippen LogP contribution in [0.15, 0.2) is 48.0 Å². The molecule has 0 spiro atoms. The molecule has 2 aromatic heterocycles. The number of piperidine rings is 1.